The van der Waals surface area contributed by atoms with Gasteiger partial charge in [-0.3, -0.25) is 4.79 Å². The highest BCUT2D eigenvalue weighted by Crippen LogP contribution is 2.37. The summed E-state index contributed by atoms with van der Waals surface area (Å²) in [5, 5.41) is 0. The van der Waals surface area contributed by atoms with Crippen molar-refractivity contribution >= 4 is 27.5 Å². The molecule has 1 aliphatic carbocycles. The SMILES string of the molecule is CN(C(=O)c1cc(Br)cn1C1CC1)c1ccccc1. The van der Waals surface area contributed by atoms with Crippen LogP contribution in [0.4, 0.5) is 5.69 Å². The van der Waals surface area contributed by atoms with Gasteiger partial charge in [0.15, 0.2) is 0 Å². The van der Waals surface area contributed by atoms with Crippen LogP contribution in [0, 0.1) is 0 Å². The molecular weight excluding hydrogens is 304 g/mol. The molecule has 1 aliphatic rings. The van der Waals surface area contributed by atoms with Gasteiger partial charge in [-0.2, -0.15) is 0 Å². The molecule has 4 heteroatoms. The number of benzene rings is 1. The lowest BCUT2D eigenvalue weighted by Gasteiger charge is -2.18. The molecule has 0 unspecified atom stereocenters. The topological polar surface area (TPSA) is 25.2 Å². The molecule has 1 aromatic heterocycles. The zero-order valence-corrected chi connectivity index (χ0v) is 12.3. The molecule has 0 saturated heterocycles. The van der Waals surface area contributed by atoms with E-state index in [4.69, 9.17) is 0 Å². The lowest BCUT2D eigenvalue weighted by molar-refractivity contribution is 0.0984. The molecule has 0 spiro atoms. The van der Waals surface area contributed by atoms with Crippen LogP contribution in [0.1, 0.15) is 29.4 Å². The third-order valence-electron chi connectivity index (χ3n) is 3.42. The Morgan fingerprint density at radius 1 is 1.32 bits per heavy atom. The second-order valence-corrected chi connectivity index (χ2v) is 5.80. The number of hydrogen-bond acceptors (Lipinski definition) is 1. The minimum Gasteiger partial charge on any atom is -0.339 e. The van der Waals surface area contributed by atoms with Gasteiger partial charge in [-0.1, -0.05) is 18.2 Å². The second kappa shape index (κ2) is 4.85. The molecule has 1 heterocycles. The number of carbonyl (C=O) groups is 1. The number of hydrogen-bond donors (Lipinski definition) is 0. The summed E-state index contributed by atoms with van der Waals surface area (Å²) in [7, 11) is 1.82. The molecule has 98 valence electrons. The first-order valence-electron chi connectivity index (χ1n) is 6.37. The Balaban J connectivity index is 1.91. The molecule has 0 bridgehead atoms. The molecule has 0 atom stereocenters. The van der Waals surface area contributed by atoms with Gasteiger partial charge in [0.2, 0.25) is 0 Å². The first-order chi connectivity index (χ1) is 9.16. The Bertz CT molecular complexity index is 602. The van der Waals surface area contributed by atoms with Crippen molar-refractivity contribution in [2.45, 2.75) is 18.9 Å². The average Bonchev–Trinajstić information content (AvgIpc) is 3.21. The third-order valence-corrected chi connectivity index (χ3v) is 3.86. The highest BCUT2D eigenvalue weighted by Gasteiger charge is 2.29. The summed E-state index contributed by atoms with van der Waals surface area (Å²) in [4.78, 5) is 14.3. The maximum absolute atomic E-state index is 12.6. The minimum atomic E-state index is 0.0313. The lowest BCUT2D eigenvalue weighted by atomic mass is 10.2. The van der Waals surface area contributed by atoms with Gasteiger partial charge in [0, 0.05) is 29.4 Å². The molecule has 0 aliphatic heterocycles. The maximum atomic E-state index is 12.6. The smallest absolute Gasteiger partial charge is 0.274 e. The van der Waals surface area contributed by atoms with Crippen molar-refractivity contribution < 1.29 is 4.79 Å². The first kappa shape index (κ1) is 12.5. The summed E-state index contributed by atoms with van der Waals surface area (Å²) in [6, 6.07) is 12.1. The Labute approximate surface area is 121 Å². The third kappa shape index (κ3) is 2.45. The van der Waals surface area contributed by atoms with E-state index < -0.39 is 0 Å². The summed E-state index contributed by atoms with van der Waals surface area (Å²) in [5.74, 6) is 0.0313. The number of para-hydroxylation sites is 1. The van der Waals surface area contributed by atoms with E-state index in [1.807, 2.05) is 49.6 Å². The van der Waals surface area contributed by atoms with Crippen LogP contribution in [0.15, 0.2) is 47.1 Å². The zero-order valence-electron chi connectivity index (χ0n) is 10.7. The van der Waals surface area contributed by atoms with E-state index in [0.717, 1.165) is 28.7 Å². The van der Waals surface area contributed by atoms with Crippen LogP contribution in [0.25, 0.3) is 0 Å². The fraction of sp³-hybridized carbons (Fsp3) is 0.267. The Kier molecular flexibility index (Phi) is 3.19. The van der Waals surface area contributed by atoms with Gasteiger partial charge in [0.05, 0.1) is 0 Å². The zero-order chi connectivity index (χ0) is 13.4. The van der Waals surface area contributed by atoms with E-state index in [2.05, 4.69) is 20.5 Å². The first-order valence-corrected chi connectivity index (χ1v) is 7.16. The summed E-state index contributed by atoms with van der Waals surface area (Å²) >= 11 is 3.46. The van der Waals surface area contributed by atoms with Crippen LogP contribution in [-0.4, -0.2) is 17.5 Å². The number of rotatable bonds is 3. The van der Waals surface area contributed by atoms with Crippen LogP contribution in [0.2, 0.25) is 0 Å². The van der Waals surface area contributed by atoms with Crippen molar-refractivity contribution in [3.05, 3.63) is 52.8 Å². The Morgan fingerprint density at radius 3 is 2.63 bits per heavy atom. The molecule has 0 radical (unpaired) electrons. The summed E-state index contributed by atoms with van der Waals surface area (Å²) < 4.78 is 3.05. The Morgan fingerprint density at radius 2 is 2.00 bits per heavy atom. The minimum absolute atomic E-state index is 0.0313. The van der Waals surface area contributed by atoms with Crippen molar-refractivity contribution in [1.29, 1.82) is 0 Å². The van der Waals surface area contributed by atoms with Crippen molar-refractivity contribution in [3.8, 4) is 0 Å². The van der Waals surface area contributed by atoms with Gasteiger partial charge >= 0.3 is 0 Å². The van der Waals surface area contributed by atoms with Crippen molar-refractivity contribution in [2.24, 2.45) is 0 Å². The summed E-state index contributed by atoms with van der Waals surface area (Å²) in [6.45, 7) is 0. The number of anilines is 1. The van der Waals surface area contributed by atoms with Crippen LogP contribution < -0.4 is 4.90 Å². The highest BCUT2D eigenvalue weighted by atomic mass is 79.9. The fourth-order valence-corrected chi connectivity index (χ4v) is 2.65. The number of carbonyl (C=O) groups excluding carboxylic acids is 1. The normalized spacial score (nSPS) is 14.4. The summed E-state index contributed by atoms with van der Waals surface area (Å²) in [6.07, 6.45) is 4.33. The van der Waals surface area contributed by atoms with Gasteiger partial charge in [-0.15, -0.1) is 0 Å². The van der Waals surface area contributed by atoms with Crippen LogP contribution in [0.3, 0.4) is 0 Å². The predicted molar refractivity (Wildman–Crippen MR) is 79.6 cm³/mol. The average molecular weight is 319 g/mol. The molecule has 2 aromatic rings. The number of nitrogens with zero attached hydrogens (tertiary/aromatic N) is 2. The quantitative estimate of drug-likeness (QED) is 0.843. The van der Waals surface area contributed by atoms with E-state index in [1.165, 1.54) is 0 Å². The molecule has 1 aromatic carbocycles. The van der Waals surface area contributed by atoms with E-state index in [1.54, 1.807) is 4.90 Å². The van der Waals surface area contributed by atoms with E-state index in [-0.39, 0.29) is 5.91 Å². The van der Waals surface area contributed by atoms with Crippen molar-refractivity contribution in [1.82, 2.24) is 4.57 Å². The predicted octanol–water partition coefficient (Wildman–Crippen LogP) is 3.86. The highest BCUT2D eigenvalue weighted by molar-refractivity contribution is 9.10. The Hall–Kier alpha value is -1.55. The molecule has 3 nitrogen and oxygen atoms in total. The molecule has 1 fully saturated rings. The van der Waals surface area contributed by atoms with Gasteiger partial charge in [-0.25, -0.2) is 0 Å². The maximum Gasteiger partial charge on any atom is 0.274 e. The van der Waals surface area contributed by atoms with Crippen LogP contribution in [0.5, 0.6) is 0 Å². The van der Waals surface area contributed by atoms with Gasteiger partial charge in [-0.05, 0) is 47.0 Å². The van der Waals surface area contributed by atoms with E-state index in [0.29, 0.717) is 6.04 Å². The van der Waals surface area contributed by atoms with Crippen molar-refractivity contribution in [2.75, 3.05) is 11.9 Å². The monoisotopic (exact) mass is 318 g/mol. The fourth-order valence-electron chi connectivity index (χ4n) is 2.21. The number of aromatic nitrogens is 1. The number of amides is 1. The van der Waals surface area contributed by atoms with E-state index >= 15 is 0 Å². The van der Waals surface area contributed by atoms with Crippen LogP contribution in [-0.2, 0) is 0 Å². The van der Waals surface area contributed by atoms with Crippen LogP contribution >= 0.6 is 15.9 Å². The van der Waals surface area contributed by atoms with Crippen molar-refractivity contribution in [3.63, 3.8) is 0 Å². The summed E-state index contributed by atoms with van der Waals surface area (Å²) in [5.41, 5.74) is 1.66. The molecule has 3 rings (SSSR count). The second-order valence-electron chi connectivity index (χ2n) is 4.88. The van der Waals surface area contributed by atoms with E-state index in [9.17, 15) is 4.79 Å². The lowest BCUT2D eigenvalue weighted by Crippen LogP contribution is -2.28. The van der Waals surface area contributed by atoms with Gasteiger partial charge in [0.1, 0.15) is 5.69 Å². The van der Waals surface area contributed by atoms with Gasteiger partial charge in [0.25, 0.3) is 5.91 Å². The van der Waals surface area contributed by atoms with Gasteiger partial charge < -0.3 is 9.47 Å². The molecule has 1 saturated carbocycles. The molecule has 1 amide bonds. The number of halogens is 1. The molecule has 19 heavy (non-hydrogen) atoms. The standard InChI is InChI=1S/C15H15BrN2O/c1-17(12-5-3-2-4-6-12)15(19)14-9-11(16)10-18(14)13-7-8-13/h2-6,9-10,13H,7-8H2,1H3. The molecular formula is C15H15BrN2O. The molecule has 0 N–H and O–H groups in total. The largest absolute Gasteiger partial charge is 0.339 e.